The van der Waals surface area contributed by atoms with Crippen molar-refractivity contribution in [1.29, 1.82) is 0 Å². The molecule has 1 saturated heterocycles. The molecule has 0 saturated carbocycles. The number of hydrogen-bond donors (Lipinski definition) is 2. The maximum Gasteiger partial charge on any atom is 0.240 e. The zero-order chi connectivity index (χ0) is 16.1. The van der Waals surface area contributed by atoms with E-state index in [0.717, 1.165) is 5.56 Å². The van der Waals surface area contributed by atoms with Gasteiger partial charge in [0.05, 0.1) is 18.3 Å². The summed E-state index contributed by atoms with van der Waals surface area (Å²) in [6.07, 6.45) is 4.84. The molecule has 6 nitrogen and oxygen atoms in total. The number of carbonyl (C=O) groups excluding carboxylic acids is 1. The molecule has 0 aliphatic carbocycles. The lowest BCUT2D eigenvalue weighted by molar-refractivity contribution is -0.129. The summed E-state index contributed by atoms with van der Waals surface area (Å²) in [5.74, 6) is -0.114. The topological polar surface area (TPSA) is 82.2 Å². The second kappa shape index (κ2) is 8.28. The van der Waals surface area contributed by atoms with E-state index in [0.29, 0.717) is 39.1 Å². The molecule has 3 rings (SSSR count). The van der Waals surface area contributed by atoms with Crippen molar-refractivity contribution in [2.75, 3.05) is 13.2 Å². The van der Waals surface area contributed by atoms with Gasteiger partial charge in [0.25, 0.3) is 0 Å². The van der Waals surface area contributed by atoms with Crippen molar-refractivity contribution in [2.45, 2.75) is 31.5 Å². The van der Waals surface area contributed by atoms with E-state index in [2.05, 4.69) is 22.5 Å². The summed E-state index contributed by atoms with van der Waals surface area (Å²) in [5, 5.41) is 7.25. The van der Waals surface area contributed by atoms with Crippen LogP contribution in [0.2, 0.25) is 0 Å². The molecule has 0 unspecified atom stereocenters. The van der Waals surface area contributed by atoms with Crippen LogP contribution in [0.25, 0.3) is 0 Å². The number of benzene rings is 1. The number of halogens is 1. The molecule has 1 fully saturated rings. The number of aromatic nitrogens is 2. The third kappa shape index (κ3) is 4.56. The Morgan fingerprint density at radius 1 is 1.25 bits per heavy atom. The summed E-state index contributed by atoms with van der Waals surface area (Å²) < 4.78 is 7.13. The van der Waals surface area contributed by atoms with Gasteiger partial charge in [-0.05, 0) is 18.4 Å². The van der Waals surface area contributed by atoms with Crippen LogP contribution >= 0.6 is 12.4 Å². The first kappa shape index (κ1) is 18.4. The minimum atomic E-state index is -0.807. The average Bonchev–Trinajstić information content (AvgIpc) is 3.01. The summed E-state index contributed by atoms with van der Waals surface area (Å²) in [6.45, 7) is 2.23. The van der Waals surface area contributed by atoms with Gasteiger partial charge in [0.15, 0.2) is 0 Å². The average molecular weight is 351 g/mol. The Kier molecular flexibility index (Phi) is 6.36. The molecule has 0 bridgehead atoms. The maximum absolute atomic E-state index is 12.3. The lowest BCUT2D eigenvalue weighted by Crippen LogP contribution is -2.56. The molecular formula is C17H23ClN4O2. The van der Waals surface area contributed by atoms with Crippen molar-refractivity contribution in [3.8, 4) is 0 Å². The number of rotatable bonds is 5. The van der Waals surface area contributed by atoms with Crippen LogP contribution in [0.15, 0.2) is 42.7 Å². The van der Waals surface area contributed by atoms with Gasteiger partial charge in [0.2, 0.25) is 5.91 Å². The van der Waals surface area contributed by atoms with Gasteiger partial charge in [0, 0.05) is 31.5 Å². The maximum atomic E-state index is 12.3. The monoisotopic (exact) mass is 350 g/mol. The van der Waals surface area contributed by atoms with Gasteiger partial charge in [-0.3, -0.25) is 9.48 Å². The van der Waals surface area contributed by atoms with Crippen molar-refractivity contribution >= 4 is 18.3 Å². The van der Waals surface area contributed by atoms with Crippen LogP contribution in [-0.2, 0) is 22.6 Å². The first-order valence-corrected chi connectivity index (χ1v) is 7.86. The summed E-state index contributed by atoms with van der Waals surface area (Å²) in [6, 6.07) is 10.1. The molecule has 2 heterocycles. The molecule has 1 aliphatic heterocycles. The van der Waals surface area contributed by atoms with Gasteiger partial charge in [-0.1, -0.05) is 30.3 Å². The van der Waals surface area contributed by atoms with Crippen molar-refractivity contribution in [1.82, 2.24) is 15.1 Å². The van der Waals surface area contributed by atoms with Crippen LogP contribution in [0.3, 0.4) is 0 Å². The number of amides is 1. The predicted octanol–water partition coefficient (Wildman–Crippen LogP) is 1.48. The second-order valence-corrected chi connectivity index (χ2v) is 5.98. The Labute approximate surface area is 147 Å². The van der Waals surface area contributed by atoms with Gasteiger partial charge in [-0.25, -0.2) is 0 Å². The van der Waals surface area contributed by atoms with E-state index in [1.165, 1.54) is 5.56 Å². The minimum Gasteiger partial charge on any atom is -0.381 e. The molecule has 7 heteroatoms. The highest BCUT2D eigenvalue weighted by atomic mass is 35.5. The Balaban J connectivity index is 0.00000208. The summed E-state index contributed by atoms with van der Waals surface area (Å²) in [7, 11) is 0. The Hall–Kier alpha value is -1.89. The van der Waals surface area contributed by atoms with E-state index in [1.54, 1.807) is 6.20 Å². The summed E-state index contributed by atoms with van der Waals surface area (Å²) in [4.78, 5) is 12.3. The number of nitrogens with zero attached hydrogens (tertiary/aromatic N) is 2. The highest BCUT2D eigenvalue weighted by Crippen LogP contribution is 2.17. The lowest BCUT2D eigenvalue weighted by Gasteiger charge is -2.31. The van der Waals surface area contributed by atoms with Crippen LogP contribution in [0, 0.1) is 0 Å². The molecular weight excluding hydrogens is 328 g/mol. The normalized spacial score (nSPS) is 16.2. The quantitative estimate of drug-likeness (QED) is 0.855. The van der Waals surface area contributed by atoms with Gasteiger partial charge in [-0.15, -0.1) is 12.4 Å². The lowest BCUT2D eigenvalue weighted by atomic mass is 9.90. The Bertz CT molecular complexity index is 654. The molecule has 3 N–H and O–H groups in total. The highest BCUT2D eigenvalue weighted by Gasteiger charge is 2.35. The van der Waals surface area contributed by atoms with Crippen LogP contribution in [-0.4, -0.2) is 34.4 Å². The van der Waals surface area contributed by atoms with Crippen molar-refractivity contribution in [3.63, 3.8) is 0 Å². The molecule has 0 spiro atoms. The van der Waals surface area contributed by atoms with Gasteiger partial charge in [-0.2, -0.15) is 5.10 Å². The fourth-order valence-corrected chi connectivity index (χ4v) is 2.68. The van der Waals surface area contributed by atoms with Crippen molar-refractivity contribution in [3.05, 3.63) is 53.9 Å². The Morgan fingerprint density at radius 2 is 1.96 bits per heavy atom. The molecule has 0 radical (unpaired) electrons. The SMILES string of the molecule is Cl.NC1(C(=O)NCc2cnn(Cc3ccccc3)c2)CCOCC1. The van der Waals surface area contributed by atoms with E-state index in [-0.39, 0.29) is 18.3 Å². The number of hydrogen-bond acceptors (Lipinski definition) is 4. The standard InChI is InChI=1S/C17H22N4O2.ClH/c18-17(6-8-23-9-7-17)16(22)19-10-15-11-20-21(13-15)12-14-4-2-1-3-5-14;/h1-5,11,13H,6-10,12,18H2,(H,19,22);1H. The minimum absolute atomic E-state index is 0. The van der Waals surface area contributed by atoms with Crippen molar-refractivity contribution in [2.24, 2.45) is 5.73 Å². The molecule has 0 atom stereocenters. The third-order valence-corrected chi connectivity index (χ3v) is 4.16. The van der Waals surface area contributed by atoms with E-state index in [9.17, 15) is 4.79 Å². The van der Waals surface area contributed by atoms with Crippen LogP contribution < -0.4 is 11.1 Å². The molecule has 2 aromatic rings. The molecule has 24 heavy (non-hydrogen) atoms. The molecule has 1 aliphatic rings. The number of carbonyl (C=O) groups is 1. The van der Waals surface area contributed by atoms with Crippen LogP contribution in [0.1, 0.15) is 24.0 Å². The summed E-state index contributed by atoms with van der Waals surface area (Å²) >= 11 is 0. The van der Waals surface area contributed by atoms with E-state index in [1.807, 2.05) is 29.1 Å². The number of nitrogens with one attached hydrogen (secondary N) is 1. The predicted molar refractivity (Wildman–Crippen MR) is 93.8 cm³/mol. The van der Waals surface area contributed by atoms with E-state index >= 15 is 0 Å². The largest absolute Gasteiger partial charge is 0.381 e. The number of ether oxygens (including phenoxy) is 1. The van der Waals surface area contributed by atoms with Crippen LogP contribution in [0.5, 0.6) is 0 Å². The highest BCUT2D eigenvalue weighted by molar-refractivity contribution is 5.86. The molecule has 130 valence electrons. The van der Waals surface area contributed by atoms with Gasteiger partial charge >= 0.3 is 0 Å². The van der Waals surface area contributed by atoms with Crippen molar-refractivity contribution < 1.29 is 9.53 Å². The zero-order valence-electron chi connectivity index (χ0n) is 13.5. The third-order valence-electron chi connectivity index (χ3n) is 4.16. The van der Waals surface area contributed by atoms with Gasteiger partial charge in [0.1, 0.15) is 0 Å². The first-order valence-electron chi connectivity index (χ1n) is 7.86. The number of nitrogens with two attached hydrogens (primary N) is 1. The van der Waals surface area contributed by atoms with E-state index < -0.39 is 5.54 Å². The summed E-state index contributed by atoms with van der Waals surface area (Å²) in [5.41, 5.74) is 7.51. The Morgan fingerprint density at radius 3 is 2.67 bits per heavy atom. The fraction of sp³-hybridized carbons (Fsp3) is 0.412. The second-order valence-electron chi connectivity index (χ2n) is 5.98. The van der Waals surface area contributed by atoms with E-state index in [4.69, 9.17) is 10.5 Å². The molecule has 1 aromatic carbocycles. The fourth-order valence-electron chi connectivity index (χ4n) is 2.68. The molecule has 1 amide bonds. The zero-order valence-corrected chi connectivity index (χ0v) is 14.3. The smallest absolute Gasteiger partial charge is 0.240 e. The van der Waals surface area contributed by atoms with Crippen LogP contribution in [0.4, 0.5) is 0 Å². The molecule has 1 aromatic heterocycles. The van der Waals surface area contributed by atoms with Gasteiger partial charge < -0.3 is 15.8 Å². The first-order chi connectivity index (χ1) is 11.2.